The molecule has 0 atom stereocenters. The molecule has 0 bridgehead atoms. The van der Waals surface area contributed by atoms with E-state index in [-0.39, 0.29) is 16.7 Å². The van der Waals surface area contributed by atoms with Crippen LogP contribution in [0.15, 0.2) is 12.1 Å². The molecule has 0 unspecified atom stereocenters. The molecular formula is C10H7BrF3IO. The average molecular weight is 407 g/mol. The van der Waals surface area contributed by atoms with Crippen molar-refractivity contribution in [2.24, 2.45) is 0 Å². The summed E-state index contributed by atoms with van der Waals surface area (Å²) >= 11 is 4.73. The first-order valence-electron chi connectivity index (χ1n) is 4.24. The van der Waals surface area contributed by atoms with E-state index in [1.165, 1.54) is 13.0 Å². The van der Waals surface area contributed by atoms with Crippen molar-refractivity contribution in [1.29, 1.82) is 0 Å². The zero-order valence-corrected chi connectivity index (χ0v) is 11.9. The molecule has 0 N–H and O–H groups in total. The lowest BCUT2D eigenvalue weighted by atomic mass is 10.0. The highest BCUT2D eigenvalue weighted by Crippen LogP contribution is 2.34. The Balaban J connectivity index is 3.33. The van der Waals surface area contributed by atoms with Gasteiger partial charge in [0.15, 0.2) is 5.78 Å². The predicted molar refractivity (Wildman–Crippen MR) is 67.0 cm³/mol. The van der Waals surface area contributed by atoms with Crippen LogP contribution in [0, 0.1) is 10.5 Å². The van der Waals surface area contributed by atoms with E-state index in [4.69, 9.17) is 0 Å². The SMILES string of the molecule is Cc1cc(C(=O)CBr)c(I)cc1C(F)(F)F. The Bertz CT molecular complexity index is 429. The van der Waals surface area contributed by atoms with E-state index in [1.807, 2.05) is 0 Å². The predicted octanol–water partition coefficient (Wildman–Crippen LogP) is 4.20. The molecule has 0 amide bonds. The quantitative estimate of drug-likeness (QED) is 0.408. The summed E-state index contributed by atoms with van der Waals surface area (Å²) in [6, 6.07) is 2.29. The van der Waals surface area contributed by atoms with Crippen LogP contribution in [-0.4, -0.2) is 11.1 Å². The van der Waals surface area contributed by atoms with Crippen LogP contribution in [0.5, 0.6) is 0 Å². The lowest BCUT2D eigenvalue weighted by Crippen LogP contribution is -2.11. The summed E-state index contributed by atoms with van der Waals surface area (Å²) in [5, 5.41) is 0.105. The number of aryl methyl sites for hydroxylation is 1. The van der Waals surface area contributed by atoms with E-state index < -0.39 is 11.7 Å². The molecule has 0 aromatic heterocycles. The molecule has 1 aromatic rings. The van der Waals surface area contributed by atoms with Gasteiger partial charge in [0.25, 0.3) is 0 Å². The van der Waals surface area contributed by atoms with Crippen LogP contribution in [0.1, 0.15) is 21.5 Å². The lowest BCUT2D eigenvalue weighted by molar-refractivity contribution is -0.138. The van der Waals surface area contributed by atoms with Crippen LogP contribution in [0.2, 0.25) is 0 Å². The van der Waals surface area contributed by atoms with Crippen LogP contribution >= 0.6 is 38.5 Å². The van der Waals surface area contributed by atoms with Crippen molar-refractivity contribution in [2.45, 2.75) is 13.1 Å². The molecule has 0 radical (unpaired) electrons. The number of halogens is 5. The minimum atomic E-state index is -4.38. The number of hydrogen-bond donors (Lipinski definition) is 0. The summed E-state index contributed by atoms with van der Waals surface area (Å²) in [6.45, 7) is 1.35. The Morgan fingerprint density at radius 3 is 2.44 bits per heavy atom. The number of ketones is 1. The number of Topliss-reactive ketones (excluding diaryl/α,β-unsaturated/α-hetero) is 1. The van der Waals surface area contributed by atoms with Gasteiger partial charge in [-0.05, 0) is 47.2 Å². The van der Waals surface area contributed by atoms with Crippen molar-refractivity contribution >= 4 is 44.3 Å². The van der Waals surface area contributed by atoms with Crippen LogP contribution in [-0.2, 0) is 6.18 Å². The third kappa shape index (κ3) is 2.97. The first-order valence-corrected chi connectivity index (χ1v) is 6.44. The second-order valence-corrected chi connectivity index (χ2v) is 4.92. The Kier molecular flexibility index (Phi) is 4.39. The van der Waals surface area contributed by atoms with E-state index in [0.29, 0.717) is 9.13 Å². The number of carbonyl (C=O) groups is 1. The molecule has 0 aliphatic heterocycles. The fraction of sp³-hybridized carbons (Fsp3) is 0.300. The highest BCUT2D eigenvalue weighted by atomic mass is 127. The lowest BCUT2D eigenvalue weighted by Gasteiger charge is -2.12. The molecule has 1 aromatic carbocycles. The Hall–Kier alpha value is -0.110. The van der Waals surface area contributed by atoms with Gasteiger partial charge in [-0.2, -0.15) is 13.2 Å². The molecule has 0 saturated carbocycles. The summed E-state index contributed by atoms with van der Waals surface area (Å²) in [5.74, 6) is -0.221. The first kappa shape index (κ1) is 14.0. The zero-order valence-electron chi connectivity index (χ0n) is 8.16. The Labute approximate surface area is 113 Å². The third-order valence-electron chi connectivity index (χ3n) is 2.04. The van der Waals surface area contributed by atoms with E-state index in [2.05, 4.69) is 15.9 Å². The van der Waals surface area contributed by atoms with Gasteiger partial charge in [-0.15, -0.1) is 0 Å². The monoisotopic (exact) mass is 406 g/mol. The number of carbonyl (C=O) groups excluding carboxylic acids is 1. The fourth-order valence-corrected chi connectivity index (χ4v) is 2.34. The number of alkyl halides is 4. The molecule has 0 saturated heterocycles. The van der Waals surface area contributed by atoms with Crippen LogP contribution in [0.4, 0.5) is 13.2 Å². The molecule has 0 heterocycles. The number of hydrogen-bond acceptors (Lipinski definition) is 1. The van der Waals surface area contributed by atoms with Crippen molar-refractivity contribution in [3.05, 3.63) is 32.4 Å². The molecule has 0 fully saturated rings. The molecule has 88 valence electrons. The average Bonchev–Trinajstić information content (AvgIpc) is 2.18. The van der Waals surface area contributed by atoms with Gasteiger partial charge < -0.3 is 0 Å². The van der Waals surface area contributed by atoms with E-state index >= 15 is 0 Å². The number of rotatable bonds is 2. The number of benzene rings is 1. The molecule has 1 nitrogen and oxygen atoms in total. The van der Waals surface area contributed by atoms with Gasteiger partial charge in [-0.3, -0.25) is 4.79 Å². The van der Waals surface area contributed by atoms with Gasteiger partial charge in [0.05, 0.1) is 10.9 Å². The van der Waals surface area contributed by atoms with Gasteiger partial charge in [0, 0.05) is 9.13 Å². The summed E-state index contributed by atoms with van der Waals surface area (Å²) in [7, 11) is 0. The maximum absolute atomic E-state index is 12.5. The molecule has 6 heteroatoms. The molecule has 0 aliphatic rings. The zero-order chi connectivity index (χ0) is 12.5. The van der Waals surface area contributed by atoms with E-state index in [9.17, 15) is 18.0 Å². The van der Waals surface area contributed by atoms with Crippen LogP contribution < -0.4 is 0 Å². The Morgan fingerprint density at radius 1 is 1.44 bits per heavy atom. The maximum Gasteiger partial charge on any atom is 0.416 e. The largest absolute Gasteiger partial charge is 0.416 e. The second kappa shape index (κ2) is 5.03. The fourth-order valence-electron chi connectivity index (χ4n) is 1.27. The topological polar surface area (TPSA) is 17.1 Å². The van der Waals surface area contributed by atoms with Crippen LogP contribution in [0.3, 0.4) is 0 Å². The van der Waals surface area contributed by atoms with Crippen molar-refractivity contribution in [3.8, 4) is 0 Å². The van der Waals surface area contributed by atoms with Gasteiger partial charge in [0.2, 0.25) is 0 Å². The highest BCUT2D eigenvalue weighted by molar-refractivity contribution is 14.1. The van der Waals surface area contributed by atoms with Gasteiger partial charge in [0.1, 0.15) is 0 Å². The standard InChI is InChI=1S/C10H7BrF3IO/c1-5-2-6(9(16)4-11)8(15)3-7(5)10(12,13)14/h2-3H,4H2,1H3. The van der Waals surface area contributed by atoms with Crippen LogP contribution in [0.25, 0.3) is 0 Å². The maximum atomic E-state index is 12.5. The van der Waals surface area contributed by atoms with Crippen molar-refractivity contribution in [2.75, 3.05) is 5.33 Å². The Morgan fingerprint density at radius 2 is 2.00 bits per heavy atom. The van der Waals surface area contributed by atoms with Gasteiger partial charge in [-0.1, -0.05) is 15.9 Å². The second-order valence-electron chi connectivity index (χ2n) is 3.20. The molecule has 0 aliphatic carbocycles. The summed E-state index contributed by atoms with van der Waals surface area (Å²) in [4.78, 5) is 11.4. The summed E-state index contributed by atoms with van der Waals surface area (Å²) < 4.78 is 38.0. The molecule has 16 heavy (non-hydrogen) atoms. The molecule has 0 spiro atoms. The smallest absolute Gasteiger partial charge is 0.293 e. The minimum absolute atomic E-state index is 0.0669. The summed E-state index contributed by atoms with van der Waals surface area (Å²) in [6.07, 6.45) is -4.38. The van der Waals surface area contributed by atoms with Crippen molar-refractivity contribution in [1.82, 2.24) is 0 Å². The normalized spacial score (nSPS) is 11.6. The first-order chi connectivity index (χ1) is 7.27. The molecular weight excluding hydrogens is 400 g/mol. The summed E-state index contributed by atoms with van der Waals surface area (Å²) in [5.41, 5.74) is -0.303. The minimum Gasteiger partial charge on any atom is -0.293 e. The van der Waals surface area contributed by atoms with E-state index in [0.717, 1.165) is 6.07 Å². The van der Waals surface area contributed by atoms with Gasteiger partial charge >= 0.3 is 6.18 Å². The van der Waals surface area contributed by atoms with Crippen molar-refractivity contribution < 1.29 is 18.0 Å². The third-order valence-corrected chi connectivity index (χ3v) is 3.44. The van der Waals surface area contributed by atoms with E-state index in [1.54, 1.807) is 22.6 Å². The van der Waals surface area contributed by atoms with Crippen molar-refractivity contribution in [3.63, 3.8) is 0 Å². The highest BCUT2D eigenvalue weighted by Gasteiger charge is 2.33. The van der Waals surface area contributed by atoms with Gasteiger partial charge in [-0.25, -0.2) is 0 Å². The molecule has 1 rings (SSSR count).